The van der Waals surface area contributed by atoms with Crippen LogP contribution in [0.25, 0.3) is 0 Å². The summed E-state index contributed by atoms with van der Waals surface area (Å²) in [7, 11) is -1.21. The van der Waals surface area contributed by atoms with Crippen LogP contribution in [0.3, 0.4) is 0 Å². The number of amides is 1. The Kier molecular flexibility index (Phi) is 7.23. The van der Waals surface area contributed by atoms with Gasteiger partial charge in [-0.2, -0.15) is 5.26 Å². The maximum Gasteiger partial charge on any atom is 0.253 e. The van der Waals surface area contributed by atoms with E-state index >= 15 is 0 Å². The van der Waals surface area contributed by atoms with Gasteiger partial charge < -0.3 is 15.5 Å². The van der Waals surface area contributed by atoms with Crippen molar-refractivity contribution in [1.29, 1.82) is 10.7 Å². The molecule has 0 aliphatic carbocycles. The highest BCUT2D eigenvalue weighted by atomic mass is 32.2. The van der Waals surface area contributed by atoms with Crippen molar-refractivity contribution in [1.82, 2.24) is 15.2 Å². The molecule has 0 bridgehead atoms. The van der Waals surface area contributed by atoms with Crippen LogP contribution in [0.15, 0.2) is 70.6 Å². The maximum atomic E-state index is 14.2. The first-order chi connectivity index (χ1) is 16.1. The standard InChI is InChI=1S/C23H21FN6O3S/c1-30(2)22(31)16-9-17(24)11-20(10-16)34(32,33)21-6-4-3-5-15(21)14-28-23(26)29-18-7-8-27-19(12-18)13-25/h3-12H,14H2,1-2H3,(H3,26,27,28,29). The fraction of sp³-hybridized carbons (Fsp3) is 0.130. The number of pyridine rings is 1. The van der Waals surface area contributed by atoms with Gasteiger partial charge in [-0.3, -0.25) is 10.2 Å². The third-order valence-electron chi connectivity index (χ3n) is 4.70. The van der Waals surface area contributed by atoms with E-state index in [1.54, 1.807) is 18.2 Å². The number of nitrogens with zero attached hydrogens (tertiary/aromatic N) is 3. The van der Waals surface area contributed by atoms with Crippen LogP contribution in [0.2, 0.25) is 0 Å². The van der Waals surface area contributed by atoms with Gasteiger partial charge in [-0.15, -0.1) is 0 Å². The Bertz CT molecular complexity index is 1400. The minimum Gasteiger partial charge on any atom is -0.352 e. The van der Waals surface area contributed by atoms with Gasteiger partial charge in [-0.25, -0.2) is 17.8 Å². The van der Waals surface area contributed by atoms with E-state index in [0.717, 1.165) is 18.2 Å². The van der Waals surface area contributed by atoms with Crippen molar-refractivity contribution in [2.45, 2.75) is 16.3 Å². The van der Waals surface area contributed by atoms with E-state index in [1.807, 2.05) is 6.07 Å². The summed E-state index contributed by atoms with van der Waals surface area (Å²) in [6, 6.07) is 14.1. The topological polar surface area (TPSA) is 139 Å². The first kappa shape index (κ1) is 24.3. The van der Waals surface area contributed by atoms with E-state index in [9.17, 15) is 17.6 Å². The van der Waals surface area contributed by atoms with Crippen molar-refractivity contribution in [2.24, 2.45) is 0 Å². The second kappa shape index (κ2) is 10.1. The smallest absolute Gasteiger partial charge is 0.253 e. The number of anilines is 1. The Morgan fingerprint density at radius 3 is 2.62 bits per heavy atom. The number of rotatable bonds is 6. The fourth-order valence-corrected chi connectivity index (χ4v) is 4.63. The van der Waals surface area contributed by atoms with Crippen LogP contribution in [-0.4, -0.2) is 44.3 Å². The zero-order chi connectivity index (χ0) is 24.9. The first-order valence-corrected chi connectivity index (χ1v) is 11.4. The van der Waals surface area contributed by atoms with E-state index in [4.69, 9.17) is 10.7 Å². The van der Waals surface area contributed by atoms with Crippen LogP contribution in [-0.2, 0) is 16.4 Å². The maximum absolute atomic E-state index is 14.2. The molecule has 9 nitrogen and oxygen atoms in total. The van der Waals surface area contributed by atoms with Crippen molar-refractivity contribution < 1.29 is 17.6 Å². The molecule has 2 aromatic carbocycles. The monoisotopic (exact) mass is 480 g/mol. The lowest BCUT2D eigenvalue weighted by Gasteiger charge is -2.15. The Hall–Kier alpha value is -4.30. The van der Waals surface area contributed by atoms with Crippen LogP contribution in [0.5, 0.6) is 0 Å². The first-order valence-electron chi connectivity index (χ1n) is 9.92. The minimum atomic E-state index is -4.18. The Morgan fingerprint density at radius 2 is 1.91 bits per heavy atom. The summed E-state index contributed by atoms with van der Waals surface area (Å²) >= 11 is 0. The van der Waals surface area contributed by atoms with Crippen LogP contribution in [0.4, 0.5) is 10.1 Å². The molecule has 3 aromatic rings. The number of carbonyl (C=O) groups is 1. The number of nitrogens with one attached hydrogen (secondary N) is 3. The van der Waals surface area contributed by atoms with Gasteiger partial charge in [0.2, 0.25) is 9.84 Å². The van der Waals surface area contributed by atoms with E-state index in [-0.39, 0.29) is 33.6 Å². The molecule has 0 radical (unpaired) electrons. The molecule has 0 aliphatic rings. The summed E-state index contributed by atoms with van der Waals surface area (Å²) in [5.41, 5.74) is 0.893. The molecular weight excluding hydrogens is 459 g/mol. The van der Waals surface area contributed by atoms with Gasteiger partial charge in [0, 0.05) is 38.1 Å². The summed E-state index contributed by atoms with van der Waals surface area (Å²) < 4.78 is 40.9. The minimum absolute atomic E-state index is 0.0315. The molecule has 0 saturated heterocycles. The van der Waals surface area contributed by atoms with Crippen LogP contribution in [0, 0.1) is 22.6 Å². The number of hydrogen-bond acceptors (Lipinski definition) is 6. The molecule has 1 aromatic heterocycles. The quantitative estimate of drug-likeness (QED) is 0.364. The summed E-state index contributed by atoms with van der Waals surface area (Å²) in [6.07, 6.45) is 1.42. The van der Waals surface area contributed by atoms with E-state index < -0.39 is 21.6 Å². The molecular formula is C23H21FN6O3S. The lowest BCUT2D eigenvalue weighted by molar-refractivity contribution is 0.0827. The lowest BCUT2D eigenvalue weighted by Crippen LogP contribution is -2.29. The molecule has 0 fully saturated rings. The number of aromatic nitrogens is 1. The van der Waals surface area contributed by atoms with Gasteiger partial charge in [-0.05, 0) is 42.0 Å². The molecule has 1 amide bonds. The van der Waals surface area contributed by atoms with Gasteiger partial charge in [-0.1, -0.05) is 18.2 Å². The van der Waals surface area contributed by atoms with E-state index in [1.165, 1.54) is 43.4 Å². The normalized spacial score (nSPS) is 10.8. The summed E-state index contributed by atoms with van der Waals surface area (Å²) in [5, 5.41) is 22.5. The number of carbonyl (C=O) groups excluding carboxylic acids is 1. The molecule has 174 valence electrons. The summed E-state index contributed by atoms with van der Waals surface area (Å²) in [6.45, 7) is -0.0315. The van der Waals surface area contributed by atoms with Crippen LogP contribution < -0.4 is 10.6 Å². The lowest BCUT2D eigenvalue weighted by atomic mass is 10.2. The third-order valence-corrected chi connectivity index (χ3v) is 6.53. The molecule has 34 heavy (non-hydrogen) atoms. The molecule has 0 saturated carbocycles. The predicted molar refractivity (Wildman–Crippen MR) is 123 cm³/mol. The molecule has 3 rings (SSSR count). The molecule has 3 N–H and O–H groups in total. The number of nitriles is 1. The Morgan fingerprint density at radius 1 is 1.18 bits per heavy atom. The zero-order valence-electron chi connectivity index (χ0n) is 18.3. The molecule has 0 unspecified atom stereocenters. The van der Waals surface area contributed by atoms with Gasteiger partial charge in [0.25, 0.3) is 5.91 Å². The average molecular weight is 481 g/mol. The number of halogens is 1. The fourth-order valence-electron chi connectivity index (χ4n) is 3.08. The van der Waals surface area contributed by atoms with Crippen LogP contribution in [0.1, 0.15) is 21.6 Å². The highest BCUT2D eigenvalue weighted by molar-refractivity contribution is 7.91. The predicted octanol–water partition coefficient (Wildman–Crippen LogP) is 2.76. The Balaban J connectivity index is 1.85. The highest BCUT2D eigenvalue weighted by Gasteiger charge is 2.24. The van der Waals surface area contributed by atoms with Crippen molar-refractivity contribution in [3.05, 3.63) is 83.4 Å². The molecule has 11 heteroatoms. The largest absolute Gasteiger partial charge is 0.352 e. The number of guanidine groups is 1. The Labute approximate surface area is 196 Å². The van der Waals surface area contributed by atoms with Gasteiger partial charge in [0.05, 0.1) is 9.79 Å². The van der Waals surface area contributed by atoms with E-state index in [2.05, 4.69) is 15.6 Å². The second-order valence-electron chi connectivity index (χ2n) is 7.38. The molecule has 0 aliphatic heterocycles. The zero-order valence-corrected chi connectivity index (χ0v) is 19.1. The van der Waals surface area contributed by atoms with Crippen molar-refractivity contribution in [2.75, 3.05) is 19.4 Å². The number of sulfone groups is 1. The molecule has 1 heterocycles. The summed E-state index contributed by atoms with van der Waals surface area (Å²) in [4.78, 5) is 16.9. The van der Waals surface area contributed by atoms with Gasteiger partial charge in [0.1, 0.15) is 17.6 Å². The second-order valence-corrected chi connectivity index (χ2v) is 9.30. The number of benzene rings is 2. The summed E-state index contributed by atoms with van der Waals surface area (Å²) in [5.74, 6) is -1.50. The highest BCUT2D eigenvalue weighted by Crippen LogP contribution is 2.26. The molecule has 0 spiro atoms. The van der Waals surface area contributed by atoms with Crippen LogP contribution >= 0.6 is 0 Å². The van der Waals surface area contributed by atoms with Crippen molar-refractivity contribution in [3.63, 3.8) is 0 Å². The van der Waals surface area contributed by atoms with E-state index in [0.29, 0.717) is 11.3 Å². The number of hydrogen-bond donors (Lipinski definition) is 3. The van der Waals surface area contributed by atoms with Crippen molar-refractivity contribution >= 4 is 27.4 Å². The van der Waals surface area contributed by atoms with Gasteiger partial charge in [0.15, 0.2) is 5.96 Å². The van der Waals surface area contributed by atoms with Gasteiger partial charge >= 0.3 is 0 Å². The third kappa shape index (κ3) is 5.54. The average Bonchev–Trinajstić information content (AvgIpc) is 2.82. The van der Waals surface area contributed by atoms with Crippen molar-refractivity contribution in [3.8, 4) is 6.07 Å². The SMILES string of the molecule is CN(C)C(=O)c1cc(F)cc(S(=O)(=O)c2ccccc2CNC(=N)Nc2ccnc(C#N)c2)c1. The molecule has 0 atom stereocenters.